The molecule has 0 radical (unpaired) electrons. The van der Waals surface area contributed by atoms with E-state index in [0.717, 1.165) is 51.6 Å². The van der Waals surface area contributed by atoms with Gasteiger partial charge < -0.3 is 15.0 Å². The first-order chi connectivity index (χ1) is 12.6. The average molecular weight is 365 g/mol. The highest BCUT2D eigenvalue weighted by Gasteiger charge is 2.40. The lowest BCUT2D eigenvalue weighted by Crippen LogP contribution is -2.59. The second kappa shape index (κ2) is 8.92. The van der Waals surface area contributed by atoms with Gasteiger partial charge in [0.15, 0.2) is 5.96 Å². The Balaban J connectivity index is 1.63. The molecule has 0 aromatic heterocycles. The molecule has 0 saturated carbocycles. The molecule has 1 N–H and O–H groups in total. The molecule has 1 unspecified atom stereocenters. The van der Waals surface area contributed by atoms with E-state index in [1.807, 2.05) is 7.05 Å². The number of aliphatic imine (C=N–C) groups is 1. The van der Waals surface area contributed by atoms with Crippen molar-refractivity contribution in [3.63, 3.8) is 0 Å². The van der Waals surface area contributed by atoms with E-state index in [1.54, 1.807) is 0 Å². The number of rotatable bonds is 5. The van der Waals surface area contributed by atoms with Gasteiger partial charge in [-0.1, -0.05) is 20.3 Å². The molecule has 0 aliphatic carbocycles. The van der Waals surface area contributed by atoms with Crippen LogP contribution in [-0.2, 0) is 4.74 Å². The molecule has 0 spiro atoms. The van der Waals surface area contributed by atoms with Crippen molar-refractivity contribution in [2.75, 3.05) is 53.0 Å². The molecule has 5 heteroatoms. The highest BCUT2D eigenvalue weighted by molar-refractivity contribution is 5.80. The summed E-state index contributed by atoms with van der Waals surface area (Å²) < 4.78 is 5.69. The van der Waals surface area contributed by atoms with Crippen molar-refractivity contribution in [3.05, 3.63) is 0 Å². The molecule has 3 fully saturated rings. The zero-order valence-electron chi connectivity index (χ0n) is 17.4. The number of hydrogen-bond acceptors (Lipinski definition) is 3. The maximum Gasteiger partial charge on any atom is 0.193 e. The number of piperidine rings is 1. The van der Waals surface area contributed by atoms with Crippen LogP contribution in [0.1, 0.15) is 65.2 Å². The summed E-state index contributed by atoms with van der Waals surface area (Å²) in [6.07, 6.45) is 10.2. The quantitative estimate of drug-likeness (QED) is 0.601. The van der Waals surface area contributed by atoms with Crippen LogP contribution in [0.4, 0.5) is 0 Å². The molecule has 1 atom stereocenters. The number of guanidine groups is 1. The highest BCUT2D eigenvalue weighted by atomic mass is 16.5. The Hall–Kier alpha value is -0.810. The summed E-state index contributed by atoms with van der Waals surface area (Å²) in [4.78, 5) is 9.90. The molecule has 150 valence electrons. The number of ether oxygens (including phenoxy) is 1. The first kappa shape index (κ1) is 19.9. The predicted octanol–water partition coefficient (Wildman–Crippen LogP) is 3.11. The molecule has 0 aromatic carbocycles. The molecular formula is C21H40N4O. The molecule has 3 aliphatic rings. The van der Waals surface area contributed by atoms with Crippen LogP contribution >= 0.6 is 0 Å². The zero-order chi connectivity index (χ0) is 18.5. The van der Waals surface area contributed by atoms with Gasteiger partial charge in [-0.25, -0.2) is 0 Å². The summed E-state index contributed by atoms with van der Waals surface area (Å²) in [7, 11) is 1.95. The molecule has 0 bridgehead atoms. The van der Waals surface area contributed by atoms with Crippen LogP contribution in [-0.4, -0.2) is 74.3 Å². The normalized spacial score (nSPS) is 30.6. The Morgan fingerprint density at radius 2 is 1.81 bits per heavy atom. The standard InChI is InChI=1S/C21H40N4O/c1-4-8-20(2)9-7-12-24(18-20)19(22-3)23-17-21(10-15-26-16-11-21)25-13-5-6-14-25/h4-18H2,1-3H3,(H,22,23). The fourth-order valence-corrected chi connectivity index (χ4v) is 5.43. The van der Waals surface area contributed by atoms with E-state index in [0.29, 0.717) is 5.41 Å². The van der Waals surface area contributed by atoms with E-state index < -0.39 is 0 Å². The van der Waals surface area contributed by atoms with Gasteiger partial charge in [-0.05, 0) is 63.5 Å². The third-order valence-corrected chi connectivity index (χ3v) is 6.92. The highest BCUT2D eigenvalue weighted by Crippen LogP contribution is 2.34. The lowest BCUT2D eigenvalue weighted by molar-refractivity contribution is -0.0168. The van der Waals surface area contributed by atoms with Crippen molar-refractivity contribution in [2.24, 2.45) is 10.4 Å². The van der Waals surface area contributed by atoms with Crippen LogP contribution < -0.4 is 5.32 Å². The number of nitrogens with one attached hydrogen (secondary N) is 1. The maximum atomic E-state index is 5.69. The van der Waals surface area contributed by atoms with E-state index in [2.05, 4.69) is 34.0 Å². The second-order valence-electron chi connectivity index (χ2n) is 9.02. The van der Waals surface area contributed by atoms with Crippen molar-refractivity contribution in [1.82, 2.24) is 15.1 Å². The molecule has 3 heterocycles. The van der Waals surface area contributed by atoms with Gasteiger partial charge in [-0.3, -0.25) is 9.89 Å². The third kappa shape index (κ3) is 4.53. The monoisotopic (exact) mass is 364 g/mol. The van der Waals surface area contributed by atoms with Gasteiger partial charge in [0.1, 0.15) is 0 Å². The van der Waals surface area contributed by atoms with Crippen molar-refractivity contribution >= 4 is 5.96 Å². The van der Waals surface area contributed by atoms with E-state index in [1.165, 1.54) is 51.6 Å². The SMILES string of the molecule is CCCC1(C)CCCN(C(=NC)NCC2(N3CCCC3)CCOCC2)C1. The van der Waals surface area contributed by atoms with Crippen molar-refractivity contribution in [2.45, 2.75) is 70.8 Å². The lowest BCUT2D eigenvalue weighted by Gasteiger charge is -2.46. The van der Waals surface area contributed by atoms with Gasteiger partial charge >= 0.3 is 0 Å². The van der Waals surface area contributed by atoms with E-state index in [4.69, 9.17) is 4.74 Å². The number of hydrogen-bond donors (Lipinski definition) is 1. The van der Waals surface area contributed by atoms with E-state index >= 15 is 0 Å². The van der Waals surface area contributed by atoms with Crippen molar-refractivity contribution in [1.29, 1.82) is 0 Å². The predicted molar refractivity (Wildman–Crippen MR) is 109 cm³/mol. The fourth-order valence-electron chi connectivity index (χ4n) is 5.43. The molecule has 5 nitrogen and oxygen atoms in total. The Morgan fingerprint density at radius 3 is 2.46 bits per heavy atom. The smallest absolute Gasteiger partial charge is 0.193 e. The van der Waals surface area contributed by atoms with Crippen LogP contribution in [0.15, 0.2) is 4.99 Å². The summed E-state index contributed by atoms with van der Waals surface area (Å²) in [6.45, 7) is 12.3. The van der Waals surface area contributed by atoms with Gasteiger partial charge in [0.2, 0.25) is 0 Å². The number of nitrogens with zero attached hydrogens (tertiary/aromatic N) is 3. The minimum atomic E-state index is 0.257. The van der Waals surface area contributed by atoms with Crippen LogP contribution in [0.2, 0.25) is 0 Å². The Morgan fingerprint density at radius 1 is 1.08 bits per heavy atom. The summed E-state index contributed by atoms with van der Waals surface area (Å²) in [5.41, 5.74) is 0.698. The summed E-state index contributed by atoms with van der Waals surface area (Å²) in [6, 6.07) is 0. The molecule has 0 amide bonds. The lowest BCUT2D eigenvalue weighted by atomic mass is 9.78. The van der Waals surface area contributed by atoms with Crippen LogP contribution in [0.3, 0.4) is 0 Å². The Labute approximate surface area is 160 Å². The summed E-state index contributed by atoms with van der Waals surface area (Å²) in [5.74, 6) is 1.11. The van der Waals surface area contributed by atoms with Gasteiger partial charge in [0.25, 0.3) is 0 Å². The first-order valence-electron chi connectivity index (χ1n) is 10.9. The Bertz CT molecular complexity index is 465. The van der Waals surface area contributed by atoms with Gasteiger partial charge in [-0.2, -0.15) is 0 Å². The second-order valence-corrected chi connectivity index (χ2v) is 9.02. The largest absolute Gasteiger partial charge is 0.381 e. The summed E-state index contributed by atoms with van der Waals surface area (Å²) >= 11 is 0. The van der Waals surface area contributed by atoms with Crippen LogP contribution in [0.25, 0.3) is 0 Å². The average Bonchev–Trinajstić information content (AvgIpc) is 3.18. The maximum absolute atomic E-state index is 5.69. The van der Waals surface area contributed by atoms with Crippen molar-refractivity contribution < 1.29 is 4.74 Å². The van der Waals surface area contributed by atoms with Gasteiger partial charge in [-0.15, -0.1) is 0 Å². The molecule has 3 aliphatic heterocycles. The first-order valence-corrected chi connectivity index (χ1v) is 10.9. The van der Waals surface area contributed by atoms with Crippen molar-refractivity contribution in [3.8, 4) is 0 Å². The van der Waals surface area contributed by atoms with E-state index in [-0.39, 0.29) is 5.54 Å². The zero-order valence-corrected chi connectivity index (χ0v) is 17.4. The third-order valence-electron chi connectivity index (χ3n) is 6.92. The van der Waals surface area contributed by atoms with Crippen LogP contribution in [0, 0.1) is 5.41 Å². The molecular weight excluding hydrogens is 324 g/mol. The molecule has 0 aromatic rings. The number of likely N-dealkylation sites (tertiary alicyclic amines) is 2. The summed E-state index contributed by atoms with van der Waals surface area (Å²) in [5, 5.41) is 3.79. The van der Waals surface area contributed by atoms with Crippen LogP contribution in [0.5, 0.6) is 0 Å². The molecule has 3 rings (SSSR count). The minimum Gasteiger partial charge on any atom is -0.381 e. The fraction of sp³-hybridized carbons (Fsp3) is 0.952. The topological polar surface area (TPSA) is 40.1 Å². The van der Waals surface area contributed by atoms with Gasteiger partial charge in [0.05, 0.1) is 0 Å². The van der Waals surface area contributed by atoms with E-state index in [9.17, 15) is 0 Å². The minimum absolute atomic E-state index is 0.257. The Kier molecular flexibility index (Phi) is 6.84. The molecule has 26 heavy (non-hydrogen) atoms. The van der Waals surface area contributed by atoms with Gasteiger partial charge in [0, 0.05) is 45.4 Å². The molecule has 3 saturated heterocycles.